The number of rotatable bonds is 13. The highest BCUT2D eigenvalue weighted by Gasteiger charge is 2.11. The van der Waals surface area contributed by atoms with Gasteiger partial charge in [0.1, 0.15) is 0 Å². The Bertz CT molecular complexity index is 188. The van der Waals surface area contributed by atoms with E-state index in [0.29, 0.717) is 39.0 Å². The Morgan fingerprint density at radius 2 is 1.59 bits per heavy atom. The van der Waals surface area contributed by atoms with E-state index in [1.54, 1.807) is 6.08 Å². The number of aliphatic hydroxyl groups excluding tert-OH is 2. The zero-order valence-corrected chi connectivity index (χ0v) is 15.2. The van der Waals surface area contributed by atoms with Crippen LogP contribution in [0.3, 0.4) is 0 Å². The molecule has 2 N–H and O–H groups in total. The third-order valence-electron chi connectivity index (χ3n) is 2.81. The van der Waals surface area contributed by atoms with Crippen LogP contribution in [0.15, 0.2) is 12.7 Å². The van der Waals surface area contributed by atoms with Gasteiger partial charge in [-0.05, 0) is 25.7 Å². The van der Waals surface area contributed by atoms with Crippen molar-refractivity contribution in [3.63, 3.8) is 0 Å². The number of aliphatic hydroxyl groups is 2. The van der Waals surface area contributed by atoms with E-state index < -0.39 is 0 Å². The monoisotopic (exact) mass is 322 g/mol. The molecule has 0 heterocycles. The first-order valence-electron chi connectivity index (χ1n) is 8.16. The van der Waals surface area contributed by atoms with Gasteiger partial charge in [0, 0.05) is 26.9 Å². The van der Waals surface area contributed by atoms with Gasteiger partial charge in [0.25, 0.3) is 0 Å². The highest BCUT2D eigenvalue weighted by atomic mass is 16.5. The first-order chi connectivity index (χ1) is 10.7. The number of ether oxygens (including phenoxy) is 3. The Balaban J connectivity index is -0.000000826. The van der Waals surface area contributed by atoms with Crippen LogP contribution in [0.5, 0.6) is 0 Å². The Morgan fingerprint density at radius 3 is 2.14 bits per heavy atom. The zero-order chi connectivity index (χ0) is 17.6. The van der Waals surface area contributed by atoms with Gasteiger partial charge in [0.05, 0.1) is 25.9 Å². The molecule has 0 saturated carbocycles. The predicted molar refractivity (Wildman–Crippen MR) is 92.2 cm³/mol. The van der Waals surface area contributed by atoms with Gasteiger partial charge in [0.15, 0.2) is 0 Å². The Hall–Kier alpha value is -0.460. The minimum Gasteiger partial charge on any atom is -0.400 e. The number of hydrogen-bond donors (Lipinski definition) is 2. The number of hydrogen-bond acceptors (Lipinski definition) is 5. The fourth-order valence-electron chi connectivity index (χ4n) is 1.42. The Morgan fingerprint density at radius 1 is 1.00 bits per heavy atom. The van der Waals surface area contributed by atoms with E-state index in [2.05, 4.69) is 13.5 Å². The van der Waals surface area contributed by atoms with Gasteiger partial charge in [-0.3, -0.25) is 0 Å². The van der Waals surface area contributed by atoms with Gasteiger partial charge >= 0.3 is 0 Å². The third kappa shape index (κ3) is 21.8. The topological polar surface area (TPSA) is 68.2 Å². The minimum absolute atomic E-state index is 0.188. The standard InChI is InChI=1S/C14H28O4.C2H6.CH4O/c1-4-8-16-11-12-17-9-5-10-18-14(3)13(2)6-7-15;2*1-2/h4,13-15H,1,5-12H2,2-3H3;1-2H3;2H,1H3/t13-,14-;;/m0../s1. The molecule has 0 amide bonds. The maximum Gasteiger partial charge on any atom is 0.0704 e. The lowest BCUT2D eigenvalue weighted by molar-refractivity contribution is 0.00329. The average molecular weight is 322 g/mol. The van der Waals surface area contributed by atoms with Crippen LogP contribution in [-0.4, -0.2) is 63.1 Å². The molecule has 0 saturated heterocycles. The molecule has 0 spiro atoms. The lowest BCUT2D eigenvalue weighted by atomic mass is 10.0. The zero-order valence-electron chi connectivity index (χ0n) is 15.2. The van der Waals surface area contributed by atoms with Crippen molar-refractivity contribution in [2.45, 2.75) is 46.6 Å². The SMILES string of the molecule is C=CCOCCOCCCO[C@@H](C)[C@@H](C)CCO.CC.CO. The molecule has 5 heteroatoms. The molecule has 0 fully saturated rings. The molecule has 0 rings (SSSR count). The molecule has 0 unspecified atom stereocenters. The highest BCUT2D eigenvalue weighted by Crippen LogP contribution is 2.10. The molecule has 5 nitrogen and oxygen atoms in total. The average Bonchev–Trinajstić information content (AvgIpc) is 2.57. The molecule has 0 aromatic carbocycles. The summed E-state index contributed by atoms with van der Waals surface area (Å²) >= 11 is 0. The van der Waals surface area contributed by atoms with Crippen molar-refractivity contribution in [1.29, 1.82) is 0 Å². The van der Waals surface area contributed by atoms with Crippen molar-refractivity contribution in [2.75, 3.05) is 46.8 Å². The molecule has 0 bridgehead atoms. The summed E-state index contributed by atoms with van der Waals surface area (Å²) in [7, 11) is 1.00. The summed E-state index contributed by atoms with van der Waals surface area (Å²) in [6.45, 7) is 15.1. The fourth-order valence-corrected chi connectivity index (χ4v) is 1.42. The molecule has 136 valence electrons. The molecular weight excluding hydrogens is 284 g/mol. The van der Waals surface area contributed by atoms with E-state index in [-0.39, 0.29) is 12.7 Å². The van der Waals surface area contributed by atoms with E-state index in [4.69, 9.17) is 24.4 Å². The van der Waals surface area contributed by atoms with Crippen molar-refractivity contribution in [1.82, 2.24) is 0 Å². The van der Waals surface area contributed by atoms with E-state index in [1.165, 1.54) is 0 Å². The lowest BCUT2D eigenvalue weighted by Crippen LogP contribution is -2.20. The predicted octanol–water partition coefficient (Wildman–Crippen LogP) is 2.65. The highest BCUT2D eigenvalue weighted by molar-refractivity contribution is 4.63. The second-order valence-electron chi connectivity index (χ2n) is 4.39. The van der Waals surface area contributed by atoms with Crippen molar-refractivity contribution in [3.8, 4) is 0 Å². The third-order valence-corrected chi connectivity index (χ3v) is 2.81. The molecular formula is C17H38O5. The molecule has 0 aliphatic carbocycles. The van der Waals surface area contributed by atoms with Gasteiger partial charge in [-0.15, -0.1) is 6.58 Å². The van der Waals surface area contributed by atoms with Crippen LogP contribution in [0.4, 0.5) is 0 Å². The van der Waals surface area contributed by atoms with E-state index in [0.717, 1.165) is 20.0 Å². The van der Waals surface area contributed by atoms with Gasteiger partial charge in [-0.25, -0.2) is 0 Å². The smallest absolute Gasteiger partial charge is 0.0704 e. The molecule has 2 atom stereocenters. The van der Waals surface area contributed by atoms with Crippen LogP contribution in [0.1, 0.15) is 40.5 Å². The van der Waals surface area contributed by atoms with E-state index in [9.17, 15) is 0 Å². The molecule has 22 heavy (non-hydrogen) atoms. The normalized spacial score (nSPS) is 12.3. The largest absolute Gasteiger partial charge is 0.400 e. The van der Waals surface area contributed by atoms with Crippen molar-refractivity contribution in [2.24, 2.45) is 5.92 Å². The maximum absolute atomic E-state index is 8.82. The van der Waals surface area contributed by atoms with Crippen LogP contribution in [0.2, 0.25) is 0 Å². The van der Waals surface area contributed by atoms with Gasteiger partial charge in [0.2, 0.25) is 0 Å². The first-order valence-corrected chi connectivity index (χ1v) is 8.16. The Labute approximate surface area is 137 Å². The van der Waals surface area contributed by atoms with Crippen LogP contribution in [0, 0.1) is 5.92 Å². The van der Waals surface area contributed by atoms with Crippen LogP contribution in [-0.2, 0) is 14.2 Å². The van der Waals surface area contributed by atoms with E-state index in [1.807, 2.05) is 20.8 Å². The van der Waals surface area contributed by atoms with Gasteiger partial charge < -0.3 is 24.4 Å². The summed E-state index contributed by atoms with van der Waals surface area (Å²) in [6.07, 6.45) is 3.59. The van der Waals surface area contributed by atoms with Gasteiger partial charge in [-0.2, -0.15) is 0 Å². The first kappa shape index (κ1) is 26.4. The lowest BCUT2D eigenvalue weighted by Gasteiger charge is -2.19. The molecule has 0 aromatic rings. The summed E-state index contributed by atoms with van der Waals surface area (Å²) in [5, 5.41) is 15.8. The van der Waals surface area contributed by atoms with Crippen LogP contribution in [0.25, 0.3) is 0 Å². The van der Waals surface area contributed by atoms with Crippen molar-refractivity contribution >= 4 is 0 Å². The molecule has 0 aliphatic rings. The summed E-state index contributed by atoms with van der Waals surface area (Å²) in [5.41, 5.74) is 0. The fraction of sp³-hybridized carbons (Fsp3) is 0.882. The maximum atomic E-state index is 8.82. The summed E-state index contributed by atoms with van der Waals surface area (Å²) in [5.74, 6) is 0.392. The molecule has 0 aliphatic heterocycles. The summed E-state index contributed by atoms with van der Waals surface area (Å²) in [4.78, 5) is 0. The van der Waals surface area contributed by atoms with Crippen LogP contribution < -0.4 is 0 Å². The van der Waals surface area contributed by atoms with Gasteiger partial charge in [-0.1, -0.05) is 26.8 Å². The van der Waals surface area contributed by atoms with E-state index >= 15 is 0 Å². The molecule has 0 radical (unpaired) electrons. The minimum atomic E-state index is 0.188. The summed E-state index contributed by atoms with van der Waals surface area (Å²) < 4.78 is 16.2. The quantitative estimate of drug-likeness (QED) is 0.403. The van der Waals surface area contributed by atoms with Crippen molar-refractivity contribution in [3.05, 3.63) is 12.7 Å². The second kappa shape index (κ2) is 25.5. The van der Waals surface area contributed by atoms with Crippen LogP contribution >= 0.6 is 0 Å². The Kier molecular flexibility index (Phi) is 30.6. The summed E-state index contributed by atoms with van der Waals surface area (Å²) in [6, 6.07) is 0. The molecule has 0 aromatic heterocycles. The second-order valence-corrected chi connectivity index (χ2v) is 4.39. The van der Waals surface area contributed by atoms with Crippen molar-refractivity contribution < 1.29 is 24.4 Å².